The van der Waals surface area contributed by atoms with Gasteiger partial charge in [-0.3, -0.25) is 9.69 Å². The standard InChI is InChI=1S/C23H21FN2O3/c1-26(14-16-7-12-20-21(13-16)29-15-28-20)22(17-5-3-2-4-6-17)23(27)25-19-10-8-18(24)9-11-19/h2-13,22H,14-15H2,1H3,(H,25,27). The van der Waals surface area contributed by atoms with Crippen LogP contribution in [0.3, 0.4) is 0 Å². The van der Waals surface area contributed by atoms with Crippen molar-refractivity contribution >= 4 is 11.6 Å². The van der Waals surface area contributed by atoms with Crippen LogP contribution in [0.25, 0.3) is 0 Å². The molecule has 0 saturated carbocycles. The highest BCUT2D eigenvalue weighted by atomic mass is 19.1. The van der Waals surface area contributed by atoms with E-state index >= 15 is 0 Å². The number of halogens is 1. The van der Waals surface area contributed by atoms with E-state index in [2.05, 4.69) is 5.32 Å². The van der Waals surface area contributed by atoms with E-state index in [1.54, 1.807) is 12.1 Å². The lowest BCUT2D eigenvalue weighted by molar-refractivity contribution is -0.121. The molecule has 6 heteroatoms. The minimum absolute atomic E-state index is 0.189. The predicted molar refractivity (Wildman–Crippen MR) is 108 cm³/mol. The Balaban J connectivity index is 1.56. The van der Waals surface area contributed by atoms with Crippen LogP contribution in [0.4, 0.5) is 10.1 Å². The Kier molecular flexibility index (Phi) is 5.44. The van der Waals surface area contributed by atoms with Gasteiger partial charge in [-0.15, -0.1) is 0 Å². The van der Waals surface area contributed by atoms with E-state index in [1.165, 1.54) is 12.1 Å². The molecule has 1 aliphatic rings. The van der Waals surface area contributed by atoms with E-state index in [9.17, 15) is 9.18 Å². The molecule has 0 radical (unpaired) electrons. The molecule has 1 amide bonds. The second-order valence-electron chi connectivity index (χ2n) is 6.91. The number of benzene rings is 3. The second-order valence-corrected chi connectivity index (χ2v) is 6.91. The minimum atomic E-state index is -0.522. The third kappa shape index (κ3) is 4.38. The van der Waals surface area contributed by atoms with E-state index < -0.39 is 6.04 Å². The number of anilines is 1. The number of nitrogens with zero attached hydrogens (tertiary/aromatic N) is 1. The number of carbonyl (C=O) groups is 1. The van der Waals surface area contributed by atoms with Gasteiger partial charge in [-0.05, 0) is 54.6 Å². The molecule has 0 bridgehead atoms. The van der Waals surface area contributed by atoms with E-state index in [-0.39, 0.29) is 18.5 Å². The Morgan fingerprint density at radius 3 is 2.52 bits per heavy atom. The van der Waals surface area contributed by atoms with Crippen molar-refractivity contribution in [3.63, 3.8) is 0 Å². The summed E-state index contributed by atoms with van der Waals surface area (Å²) in [5.41, 5.74) is 2.43. The molecule has 1 N–H and O–H groups in total. The first-order chi connectivity index (χ1) is 14.1. The van der Waals surface area contributed by atoms with E-state index in [0.717, 1.165) is 16.9 Å². The first-order valence-corrected chi connectivity index (χ1v) is 9.30. The van der Waals surface area contributed by atoms with Gasteiger partial charge in [0, 0.05) is 12.2 Å². The molecule has 0 spiro atoms. The van der Waals surface area contributed by atoms with Crippen molar-refractivity contribution in [2.24, 2.45) is 0 Å². The molecule has 1 unspecified atom stereocenters. The van der Waals surface area contributed by atoms with Crippen LogP contribution < -0.4 is 14.8 Å². The van der Waals surface area contributed by atoms with Crippen LogP contribution in [-0.4, -0.2) is 24.6 Å². The van der Waals surface area contributed by atoms with Crippen LogP contribution >= 0.6 is 0 Å². The van der Waals surface area contributed by atoms with E-state index in [4.69, 9.17) is 9.47 Å². The molecule has 1 aliphatic heterocycles. The number of rotatable bonds is 6. The summed E-state index contributed by atoms with van der Waals surface area (Å²) < 4.78 is 24.0. The average molecular weight is 392 g/mol. The van der Waals surface area contributed by atoms with Gasteiger partial charge in [0.05, 0.1) is 0 Å². The molecular formula is C23H21FN2O3. The highest BCUT2D eigenvalue weighted by Crippen LogP contribution is 2.33. The third-order valence-corrected chi connectivity index (χ3v) is 4.79. The van der Waals surface area contributed by atoms with Gasteiger partial charge in [0.25, 0.3) is 0 Å². The van der Waals surface area contributed by atoms with Gasteiger partial charge >= 0.3 is 0 Å². The van der Waals surface area contributed by atoms with Crippen LogP contribution in [0, 0.1) is 5.82 Å². The summed E-state index contributed by atoms with van der Waals surface area (Å²) in [5.74, 6) is 0.904. The van der Waals surface area contributed by atoms with Crippen molar-refractivity contribution in [1.29, 1.82) is 0 Å². The van der Waals surface area contributed by atoms with Crippen LogP contribution in [0.1, 0.15) is 17.2 Å². The van der Waals surface area contributed by atoms with Gasteiger partial charge in [0.2, 0.25) is 12.7 Å². The maximum absolute atomic E-state index is 13.2. The molecule has 0 saturated heterocycles. The van der Waals surface area contributed by atoms with Crippen LogP contribution in [0.5, 0.6) is 11.5 Å². The first-order valence-electron chi connectivity index (χ1n) is 9.30. The highest BCUT2D eigenvalue weighted by molar-refractivity contribution is 5.95. The Bertz CT molecular complexity index is 993. The van der Waals surface area contributed by atoms with Crippen molar-refractivity contribution < 1.29 is 18.7 Å². The van der Waals surface area contributed by atoms with Gasteiger partial charge in [-0.1, -0.05) is 36.4 Å². The quantitative estimate of drug-likeness (QED) is 0.677. The fourth-order valence-corrected chi connectivity index (χ4v) is 3.40. The monoisotopic (exact) mass is 392 g/mol. The molecule has 1 heterocycles. The second kappa shape index (κ2) is 8.32. The Morgan fingerprint density at radius 2 is 1.76 bits per heavy atom. The van der Waals surface area contributed by atoms with Crippen LogP contribution in [-0.2, 0) is 11.3 Å². The number of hydrogen-bond acceptors (Lipinski definition) is 4. The molecular weight excluding hydrogens is 371 g/mol. The molecule has 0 fully saturated rings. The molecule has 0 aromatic heterocycles. The predicted octanol–water partition coefficient (Wildman–Crippen LogP) is 4.37. The largest absolute Gasteiger partial charge is 0.454 e. The molecule has 29 heavy (non-hydrogen) atoms. The van der Waals surface area contributed by atoms with Gasteiger partial charge < -0.3 is 14.8 Å². The van der Waals surface area contributed by atoms with E-state index in [1.807, 2.05) is 60.5 Å². The summed E-state index contributed by atoms with van der Waals surface area (Å²) in [6, 6.07) is 20.6. The van der Waals surface area contributed by atoms with Gasteiger partial charge in [-0.2, -0.15) is 0 Å². The Hall–Kier alpha value is -3.38. The lowest BCUT2D eigenvalue weighted by Crippen LogP contribution is -2.34. The zero-order valence-electron chi connectivity index (χ0n) is 16.0. The van der Waals surface area contributed by atoms with Crippen molar-refractivity contribution in [2.45, 2.75) is 12.6 Å². The fourth-order valence-electron chi connectivity index (χ4n) is 3.40. The minimum Gasteiger partial charge on any atom is -0.454 e. The highest BCUT2D eigenvalue weighted by Gasteiger charge is 2.26. The number of likely N-dealkylation sites (N-methyl/N-ethyl adjacent to an activating group) is 1. The molecule has 3 aromatic carbocycles. The summed E-state index contributed by atoms with van der Waals surface area (Å²) in [5, 5.41) is 2.88. The Morgan fingerprint density at radius 1 is 1.03 bits per heavy atom. The van der Waals surface area contributed by atoms with Crippen LogP contribution in [0.2, 0.25) is 0 Å². The summed E-state index contributed by atoms with van der Waals surface area (Å²) in [6.45, 7) is 0.758. The first kappa shape index (κ1) is 19.0. The van der Waals surface area contributed by atoms with Crippen molar-refractivity contribution in [2.75, 3.05) is 19.2 Å². The molecule has 0 aliphatic carbocycles. The summed E-state index contributed by atoms with van der Waals surface area (Å²) in [4.78, 5) is 15.1. The smallest absolute Gasteiger partial charge is 0.246 e. The zero-order valence-corrected chi connectivity index (χ0v) is 16.0. The summed E-state index contributed by atoms with van der Waals surface area (Å²) >= 11 is 0. The number of ether oxygens (including phenoxy) is 2. The van der Waals surface area contributed by atoms with Crippen LogP contribution in [0.15, 0.2) is 72.8 Å². The lowest BCUT2D eigenvalue weighted by Gasteiger charge is -2.27. The van der Waals surface area contributed by atoms with Crippen molar-refractivity contribution in [1.82, 2.24) is 4.90 Å². The zero-order chi connectivity index (χ0) is 20.2. The summed E-state index contributed by atoms with van der Waals surface area (Å²) in [6.07, 6.45) is 0. The molecule has 148 valence electrons. The van der Waals surface area contributed by atoms with Gasteiger partial charge in [0.15, 0.2) is 11.5 Å². The number of fused-ring (bicyclic) bond motifs is 1. The van der Waals surface area contributed by atoms with Crippen molar-refractivity contribution in [3.05, 3.63) is 89.7 Å². The average Bonchev–Trinajstić information content (AvgIpc) is 3.18. The molecule has 1 atom stereocenters. The van der Waals surface area contributed by atoms with Crippen molar-refractivity contribution in [3.8, 4) is 11.5 Å². The summed E-state index contributed by atoms with van der Waals surface area (Å²) in [7, 11) is 1.90. The topological polar surface area (TPSA) is 50.8 Å². The SMILES string of the molecule is CN(Cc1ccc2c(c1)OCO2)C(C(=O)Nc1ccc(F)cc1)c1ccccc1. The molecule has 4 rings (SSSR count). The number of hydrogen-bond donors (Lipinski definition) is 1. The Labute approximate surface area is 168 Å². The number of amides is 1. The molecule has 3 aromatic rings. The normalized spacial score (nSPS) is 13.3. The van der Waals surface area contributed by atoms with Gasteiger partial charge in [-0.25, -0.2) is 4.39 Å². The fraction of sp³-hybridized carbons (Fsp3) is 0.174. The maximum Gasteiger partial charge on any atom is 0.246 e. The lowest BCUT2D eigenvalue weighted by atomic mass is 10.0. The number of carbonyl (C=O) groups excluding carboxylic acids is 1. The third-order valence-electron chi connectivity index (χ3n) is 4.79. The van der Waals surface area contributed by atoms with E-state index in [0.29, 0.717) is 18.0 Å². The number of nitrogens with one attached hydrogen (secondary N) is 1. The molecule has 5 nitrogen and oxygen atoms in total. The maximum atomic E-state index is 13.2. The van der Waals surface area contributed by atoms with Gasteiger partial charge in [0.1, 0.15) is 11.9 Å².